The second kappa shape index (κ2) is 173. The SMILES string of the molecule is [CH3-].[CH3-].[NH2-].[NH2-].[Pd]. The van der Waals surface area contributed by atoms with Crippen molar-refractivity contribution in [3.63, 3.8) is 0 Å². The summed E-state index contributed by atoms with van der Waals surface area (Å²) in [6.07, 6.45) is 0. The maximum Gasteiger partial charge on any atom is 0 e. The predicted molar refractivity (Wildman–Crippen MR) is 23.4 cm³/mol. The fraction of sp³-hybridized carbons (Fsp3) is 0. The van der Waals surface area contributed by atoms with Gasteiger partial charge >= 0.3 is 0 Å². The predicted octanol–water partition coefficient (Wildman–Crippen LogP) is 2.33. The Hall–Kier alpha value is 0.582. The minimum absolute atomic E-state index is 0. The smallest absolute Gasteiger partial charge is 0 e. The van der Waals surface area contributed by atoms with Crippen LogP contribution < -0.4 is 0 Å². The summed E-state index contributed by atoms with van der Waals surface area (Å²) >= 11 is 0. The molecule has 0 aliphatic carbocycles. The van der Waals surface area contributed by atoms with E-state index < -0.39 is 0 Å². The van der Waals surface area contributed by atoms with Crippen molar-refractivity contribution in [2.45, 2.75) is 0 Å². The summed E-state index contributed by atoms with van der Waals surface area (Å²) < 4.78 is 0. The van der Waals surface area contributed by atoms with E-state index >= 15 is 0 Å². The topological polar surface area (TPSA) is 67.0 Å². The summed E-state index contributed by atoms with van der Waals surface area (Å²) in [4.78, 5) is 0. The maximum absolute atomic E-state index is 0. The van der Waals surface area contributed by atoms with Gasteiger partial charge in [0.2, 0.25) is 0 Å². The summed E-state index contributed by atoms with van der Waals surface area (Å²) in [6.45, 7) is 0. The Bertz CT molecular complexity index is 7.61. The first kappa shape index (κ1) is 346. The Morgan fingerprint density at radius 3 is 0.600 bits per heavy atom. The molecule has 0 bridgehead atoms. The van der Waals surface area contributed by atoms with Gasteiger partial charge in [-0.25, -0.2) is 0 Å². The molecule has 0 aromatic carbocycles. The van der Waals surface area contributed by atoms with E-state index in [0.717, 1.165) is 0 Å². The van der Waals surface area contributed by atoms with Crippen molar-refractivity contribution < 1.29 is 20.4 Å². The number of rotatable bonds is 0. The van der Waals surface area contributed by atoms with Gasteiger partial charge in [0.1, 0.15) is 0 Å². The average Bonchev–Trinajstić information content (AvgIpc) is 0. The Morgan fingerprint density at radius 2 is 0.600 bits per heavy atom. The minimum Gasteiger partial charge on any atom is -0.693 e. The summed E-state index contributed by atoms with van der Waals surface area (Å²) in [5, 5.41) is 0. The molecule has 0 amide bonds. The van der Waals surface area contributed by atoms with Crippen LogP contribution in [0.5, 0.6) is 0 Å². The molecule has 0 heterocycles. The van der Waals surface area contributed by atoms with Crippen LogP contribution in [-0.4, -0.2) is 0 Å². The van der Waals surface area contributed by atoms with Crippen LogP contribution in [0, 0.1) is 14.9 Å². The monoisotopic (exact) mass is 168 g/mol. The van der Waals surface area contributed by atoms with Gasteiger partial charge in [0.25, 0.3) is 0 Å². The molecule has 0 aliphatic rings. The third kappa shape index (κ3) is 90.1. The normalized spacial score (nSPS) is 0. The van der Waals surface area contributed by atoms with E-state index in [-0.39, 0.29) is 47.6 Å². The van der Waals surface area contributed by atoms with Crippen molar-refractivity contribution in [1.29, 1.82) is 0 Å². The van der Waals surface area contributed by atoms with E-state index in [1.54, 1.807) is 0 Å². The molecule has 0 saturated heterocycles. The summed E-state index contributed by atoms with van der Waals surface area (Å²) in [6, 6.07) is 0. The molecule has 42 valence electrons. The summed E-state index contributed by atoms with van der Waals surface area (Å²) in [5.41, 5.74) is 0. The maximum atomic E-state index is 0. The molecule has 0 aromatic rings. The van der Waals surface area contributed by atoms with Crippen LogP contribution in [0.4, 0.5) is 0 Å². The largest absolute Gasteiger partial charge is 0.693 e. The number of hydrogen-bond acceptors (Lipinski definition) is 0. The minimum atomic E-state index is 0. The van der Waals surface area contributed by atoms with Gasteiger partial charge in [-0.2, -0.15) is 0 Å². The van der Waals surface area contributed by atoms with Gasteiger partial charge in [-0.15, -0.1) is 0 Å². The molecule has 0 atom stereocenters. The Kier molecular flexibility index (Phi) is 12000. The second-order valence-electron chi connectivity index (χ2n) is 0. The van der Waals surface area contributed by atoms with E-state index in [4.69, 9.17) is 0 Å². The molecular weight excluding hydrogens is 158 g/mol. The van der Waals surface area contributed by atoms with E-state index in [9.17, 15) is 0 Å². The number of nitrogens with two attached hydrogens (primary N) is 2. The van der Waals surface area contributed by atoms with Gasteiger partial charge in [-0.1, -0.05) is 0 Å². The average molecular weight is 169 g/mol. The zero-order valence-corrected chi connectivity index (χ0v) is 5.03. The molecule has 0 aromatic heterocycles. The molecule has 0 spiro atoms. The first-order valence-electron chi connectivity index (χ1n) is 0. The van der Waals surface area contributed by atoms with Crippen molar-refractivity contribution >= 4 is 0 Å². The van der Waals surface area contributed by atoms with Crippen molar-refractivity contribution in [2.24, 2.45) is 0 Å². The first-order chi connectivity index (χ1) is 0. The van der Waals surface area contributed by atoms with Crippen LogP contribution in [0.3, 0.4) is 0 Å². The number of hydrogen-bond donors (Lipinski definition) is 0. The fourth-order valence-electron chi connectivity index (χ4n) is 0. The van der Waals surface area contributed by atoms with E-state index in [1.165, 1.54) is 0 Å². The third-order valence-electron chi connectivity index (χ3n) is 0. The van der Waals surface area contributed by atoms with Crippen LogP contribution >= 0.6 is 0 Å². The van der Waals surface area contributed by atoms with E-state index in [2.05, 4.69) is 0 Å². The molecule has 0 saturated carbocycles. The van der Waals surface area contributed by atoms with Crippen LogP contribution in [0.25, 0.3) is 12.3 Å². The first-order valence-corrected chi connectivity index (χ1v) is 0. The quantitative estimate of drug-likeness (QED) is 0.394. The second-order valence-corrected chi connectivity index (χ2v) is 0. The van der Waals surface area contributed by atoms with Gasteiger partial charge in [-0.05, 0) is 0 Å². The van der Waals surface area contributed by atoms with Gasteiger partial charge < -0.3 is 27.2 Å². The van der Waals surface area contributed by atoms with Crippen molar-refractivity contribution in [3.05, 3.63) is 27.2 Å². The molecule has 0 unspecified atom stereocenters. The molecule has 3 heteroatoms. The molecule has 4 N–H and O–H groups in total. The van der Waals surface area contributed by atoms with Crippen LogP contribution in [0.1, 0.15) is 0 Å². The van der Waals surface area contributed by atoms with Gasteiger partial charge in [0.15, 0.2) is 0 Å². The molecular formula is C2H10N2Pd-4. The summed E-state index contributed by atoms with van der Waals surface area (Å²) in [7, 11) is 0. The Balaban J connectivity index is 0. The zero-order chi connectivity index (χ0) is 0. The fourth-order valence-corrected chi connectivity index (χ4v) is 0. The molecule has 5 heavy (non-hydrogen) atoms. The van der Waals surface area contributed by atoms with Crippen LogP contribution in [-0.2, 0) is 20.4 Å². The van der Waals surface area contributed by atoms with Crippen molar-refractivity contribution in [2.75, 3.05) is 0 Å². The van der Waals surface area contributed by atoms with E-state index in [1.807, 2.05) is 0 Å². The third-order valence-corrected chi connectivity index (χ3v) is 0. The van der Waals surface area contributed by atoms with Crippen molar-refractivity contribution in [3.8, 4) is 0 Å². The standard InChI is InChI=1S/2CH3.2H2N.Pd/h2*1H3;2*1H2;/q4*-1;. The molecule has 0 aliphatic heterocycles. The summed E-state index contributed by atoms with van der Waals surface area (Å²) in [5.74, 6) is 0. The van der Waals surface area contributed by atoms with Crippen molar-refractivity contribution in [1.82, 2.24) is 0 Å². The van der Waals surface area contributed by atoms with Gasteiger partial charge in [-0.3, -0.25) is 0 Å². The zero-order valence-electron chi connectivity index (χ0n) is 3.47. The molecule has 0 rings (SSSR count). The Labute approximate surface area is 48.2 Å². The van der Waals surface area contributed by atoms with Gasteiger partial charge in [0.05, 0.1) is 0 Å². The molecule has 2 nitrogen and oxygen atoms in total. The molecule has 0 radical (unpaired) electrons. The van der Waals surface area contributed by atoms with Gasteiger partial charge in [0, 0.05) is 20.4 Å². The molecule has 0 fully saturated rings. The van der Waals surface area contributed by atoms with E-state index in [0.29, 0.717) is 0 Å². The van der Waals surface area contributed by atoms with Crippen LogP contribution in [0.2, 0.25) is 0 Å². The Morgan fingerprint density at radius 1 is 0.600 bits per heavy atom. The van der Waals surface area contributed by atoms with Crippen LogP contribution in [0.15, 0.2) is 0 Å².